The van der Waals surface area contributed by atoms with E-state index in [1.807, 2.05) is 0 Å². The van der Waals surface area contributed by atoms with E-state index in [-0.39, 0.29) is 22.6 Å². The average Bonchev–Trinajstić information content (AvgIpc) is 3.00. The first-order valence-corrected chi connectivity index (χ1v) is 8.14. The van der Waals surface area contributed by atoms with Crippen LogP contribution in [0.15, 0.2) is 30.3 Å². The number of methoxy groups -OCH3 is 1. The molecule has 9 heteroatoms. The molecule has 0 amide bonds. The summed E-state index contributed by atoms with van der Waals surface area (Å²) < 4.78 is 81.7. The summed E-state index contributed by atoms with van der Waals surface area (Å²) in [5.41, 5.74) is -4.96. The Morgan fingerprint density at radius 1 is 1.18 bits per heavy atom. The topological polar surface area (TPSA) is 62.5 Å². The van der Waals surface area contributed by atoms with Crippen molar-refractivity contribution < 1.29 is 36.5 Å². The third-order valence-corrected chi connectivity index (χ3v) is 5.19. The molecule has 0 fully saturated rings. The van der Waals surface area contributed by atoms with Crippen LogP contribution in [-0.4, -0.2) is 18.1 Å². The second kappa shape index (κ2) is 5.65. The quantitative estimate of drug-likeness (QED) is 0.775. The molecule has 0 aliphatic heterocycles. The molecule has 2 aliphatic rings. The lowest BCUT2D eigenvalue weighted by molar-refractivity contribution is -0.289. The van der Waals surface area contributed by atoms with Crippen molar-refractivity contribution >= 4 is 0 Å². The van der Waals surface area contributed by atoms with Gasteiger partial charge in [0, 0.05) is 36.3 Å². The van der Waals surface area contributed by atoms with E-state index < -0.39 is 46.9 Å². The average molecular weight is 397 g/mol. The first-order valence-electron chi connectivity index (χ1n) is 8.14. The minimum absolute atomic E-state index is 0.0505. The number of hydrogen-bond acceptors (Lipinski definition) is 4. The molecular weight excluding hydrogens is 385 g/mol. The van der Waals surface area contributed by atoms with Crippen LogP contribution in [0.3, 0.4) is 0 Å². The molecule has 2 atom stereocenters. The molecule has 0 radical (unpaired) electrons. The predicted octanol–water partition coefficient (Wildman–Crippen LogP) is 4.51. The van der Waals surface area contributed by atoms with E-state index in [1.165, 1.54) is 13.2 Å². The van der Waals surface area contributed by atoms with Crippen LogP contribution < -0.4 is 4.74 Å². The van der Waals surface area contributed by atoms with Crippen molar-refractivity contribution in [2.45, 2.75) is 30.0 Å². The molecule has 0 heterocycles. The summed E-state index contributed by atoms with van der Waals surface area (Å²) in [5, 5.41) is 19.4. The van der Waals surface area contributed by atoms with Gasteiger partial charge in [-0.25, -0.2) is 4.39 Å². The van der Waals surface area contributed by atoms with Crippen LogP contribution in [-0.2, 0) is 16.3 Å². The molecule has 146 valence electrons. The van der Waals surface area contributed by atoms with Gasteiger partial charge in [0.05, 0.1) is 17.7 Å². The minimum atomic E-state index is -4.74. The summed E-state index contributed by atoms with van der Waals surface area (Å²) in [6.45, 7) is 0. The van der Waals surface area contributed by atoms with Crippen LogP contribution in [0.2, 0.25) is 0 Å². The van der Waals surface area contributed by atoms with Gasteiger partial charge in [-0.1, -0.05) is 0 Å². The predicted molar refractivity (Wildman–Crippen MR) is 84.7 cm³/mol. The summed E-state index contributed by atoms with van der Waals surface area (Å²) in [7, 11) is 1.19. The van der Waals surface area contributed by atoms with Gasteiger partial charge in [0.15, 0.2) is 5.60 Å². The Morgan fingerprint density at radius 2 is 1.89 bits per heavy atom. The van der Waals surface area contributed by atoms with Gasteiger partial charge in [-0.3, -0.25) is 0 Å². The number of rotatable bonds is 3. The number of benzene rings is 2. The van der Waals surface area contributed by atoms with Gasteiger partial charge < -0.3 is 14.6 Å². The van der Waals surface area contributed by atoms with Gasteiger partial charge in [0.25, 0.3) is 0 Å². The van der Waals surface area contributed by atoms with Gasteiger partial charge in [0.1, 0.15) is 17.3 Å². The number of nitrogens with zero attached hydrogens (tertiary/aromatic N) is 1. The van der Waals surface area contributed by atoms with Crippen molar-refractivity contribution in [1.82, 2.24) is 0 Å². The van der Waals surface area contributed by atoms with E-state index in [0.717, 1.165) is 24.3 Å². The Balaban J connectivity index is 1.90. The van der Waals surface area contributed by atoms with Crippen LogP contribution in [0.1, 0.15) is 34.8 Å². The molecule has 1 N–H and O–H groups in total. The highest BCUT2D eigenvalue weighted by Crippen LogP contribution is 2.68. The smallest absolute Gasteiger partial charge is 0.346 e. The number of aliphatic hydroxyl groups is 1. The zero-order chi connectivity index (χ0) is 20.5. The van der Waals surface area contributed by atoms with Crippen molar-refractivity contribution in [2.24, 2.45) is 0 Å². The van der Waals surface area contributed by atoms with Gasteiger partial charge in [-0.2, -0.15) is 22.8 Å². The second-order valence-electron chi connectivity index (χ2n) is 6.73. The van der Waals surface area contributed by atoms with Gasteiger partial charge >= 0.3 is 11.8 Å². The van der Waals surface area contributed by atoms with E-state index in [0.29, 0.717) is 0 Å². The van der Waals surface area contributed by atoms with Crippen molar-refractivity contribution in [2.75, 3.05) is 7.11 Å². The van der Waals surface area contributed by atoms with Crippen molar-refractivity contribution in [1.29, 1.82) is 5.26 Å². The van der Waals surface area contributed by atoms with Crippen LogP contribution in [0.5, 0.6) is 11.5 Å². The highest BCUT2D eigenvalue weighted by atomic mass is 19.3. The van der Waals surface area contributed by atoms with Crippen LogP contribution in [0.25, 0.3) is 0 Å². The molecule has 2 aromatic carbocycles. The van der Waals surface area contributed by atoms with Gasteiger partial charge in [-0.05, 0) is 24.3 Å². The van der Waals surface area contributed by atoms with E-state index in [2.05, 4.69) is 0 Å². The molecule has 4 nitrogen and oxygen atoms in total. The summed E-state index contributed by atoms with van der Waals surface area (Å²) in [5.74, 6) is -10.4. The Labute approximate surface area is 155 Å². The first kappa shape index (κ1) is 18.7. The molecule has 4 rings (SSSR count). The number of hydrogen-bond donors (Lipinski definition) is 1. The Kier molecular flexibility index (Phi) is 3.77. The Bertz CT molecular complexity index is 1030. The molecular formula is C19H12F5NO3. The molecule has 0 bridgehead atoms. The summed E-state index contributed by atoms with van der Waals surface area (Å²) >= 11 is 0. The third kappa shape index (κ3) is 2.16. The fourth-order valence-corrected chi connectivity index (χ4v) is 3.92. The largest absolute Gasteiger partial charge is 0.457 e. The fraction of sp³-hybridized carbons (Fsp3) is 0.316. The maximum atomic E-state index is 14.4. The maximum Gasteiger partial charge on any atom is 0.346 e. The normalized spacial score (nSPS) is 26.0. The molecule has 2 unspecified atom stereocenters. The fourth-order valence-electron chi connectivity index (χ4n) is 3.92. The number of alkyl halides is 4. The highest BCUT2D eigenvalue weighted by Gasteiger charge is 2.79. The molecule has 0 saturated heterocycles. The molecule has 2 aromatic rings. The van der Waals surface area contributed by atoms with Crippen LogP contribution in [0, 0.1) is 17.1 Å². The number of halogens is 5. The highest BCUT2D eigenvalue weighted by molar-refractivity contribution is 5.60. The maximum absolute atomic E-state index is 14.4. The Hall–Kier alpha value is -2.70. The monoisotopic (exact) mass is 397 g/mol. The summed E-state index contributed by atoms with van der Waals surface area (Å²) in [4.78, 5) is 0. The molecule has 0 aromatic heterocycles. The van der Waals surface area contributed by atoms with E-state index >= 15 is 0 Å². The zero-order valence-electron chi connectivity index (χ0n) is 14.3. The Morgan fingerprint density at radius 3 is 2.54 bits per heavy atom. The van der Waals surface area contributed by atoms with Gasteiger partial charge in [-0.15, -0.1) is 0 Å². The van der Waals surface area contributed by atoms with Crippen LogP contribution in [0.4, 0.5) is 22.0 Å². The molecule has 0 saturated carbocycles. The summed E-state index contributed by atoms with van der Waals surface area (Å²) in [6.07, 6.45) is -1.93. The van der Waals surface area contributed by atoms with Crippen molar-refractivity contribution in [3.63, 3.8) is 0 Å². The molecule has 0 spiro atoms. The lowest BCUT2D eigenvalue weighted by Gasteiger charge is -2.30. The zero-order valence-corrected chi connectivity index (χ0v) is 14.3. The van der Waals surface area contributed by atoms with E-state index in [9.17, 15) is 27.1 Å². The minimum Gasteiger partial charge on any atom is -0.457 e. The summed E-state index contributed by atoms with van der Waals surface area (Å²) in [6, 6.07) is 6.65. The van der Waals surface area contributed by atoms with Crippen molar-refractivity contribution in [3.05, 3.63) is 58.4 Å². The van der Waals surface area contributed by atoms with Crippen molar-refractivity contribution in [3.8, 4) is 17.6 Å². The SMILES string of the molecule is COC1CC2(O)c3c(ccc(Oc4cc(F)cc(C#N)c4)c31)C(F)(F)C2(F)F. The standard InChI is InChI=1S/C19H12F5NO3/c1-27-14-7-17(26)16-12(18(21,22)19(17,23)24)2-3-13(15(14)16)28-11-5-9(8-25)4-10(20)6-11/h2-6,14,26H,7H2,1H3. The van der Waals surface area contributed by atoms with Crippen LogP contribution >= 0.6 is 0 Å². The lowest BCUT2D eigenvalue weighted by atomic mass is 9.94. The number of nitriles is 1. The van der Waals surface area contributed by atoms with E-state index in [4.69, 9.17) is 14.7 Å². The van der Waals surface area contributed by atoms with Gasteiger partial charge in [0.2, 0.25) is 0 Å². The second-order valence-corrected chi connectivity index (χ2v) is 6.73. The number of ether oxygens (including phenoxy) is 2. The first-order chi connectivity index (χ1) is 13.1. The molecule has 28 heavy (non-hydrogen) atoms. The molecule has 2 aliphatic carbocycles. The third-order valence-electron chi connectivity index (χ3n) is 5.19. The van der Waals surface area contributed by atoms with E-state index in [1.54, 1.807) is 6.07 Å². The lowest BCUT2D eigenvalue weighted by Crippen LogP contribution is -2.48.